The second kappa shape index (κ2) is 9.85. The minimum atomic E-state index is 0.623. The van der Waals surface area contributed by atoms with E-state index in [9.17, 15) is 0 Å². The van der Waals surface area contributed by atoms with Crippen LogP contribution < -0.4 is 0 Å². The van der Waals surface area contributed by atoms with Crippen LogP contribution in [0.5, 0.6) is 0 Å². The molecular weight excluding hydrogens is 203 g/mol. The lowest BCUT2D eigenvalue weighted by Gasteiger charge is -2.26. The van der Waals surface area contributed by atoms with Crippen LogP contribution in [0.3, 0.4) is 0 Å². The molecule has 0 saturated heterocycles. The molecule has 0 aromatic carbocycles. The van der Waals surface area contributed by atoms with Crippen LogP contribution in [-0.2, 0) is 0 Å². The molecule has 3 heteroatoms. The summed E-state index contributed by atoms with van der Waals surface area (Å²) in [6, 6.07) is 0. The van der Waals surface area contributed by atoms with Crippen molar-refractivity contribution in [3.63, 3.8) is 0 Å². The molecule has 0 aromatic rings. The lowest BCUT2D eigenvalue weighted by Crippen LogP contribution is -2.23. The van der Waals surface area contributed by atoms with Gasteiger partial charge in [0, 0.05) is 35.1 Å². The van der Waals surface area contributed by atoms with Crippen LogP contribution in [0.2, 0.25) is 0 Å². The summed E-state index contributed by atoms with van der Waals surface area (Å²) >= 11 is 0. The normalized spacial score (nSPS) is 10.3. The monoisotopic (exact) mass is 224 g/mol. The van der Waals surface area contributed by atoms with Crippen molar-refractivity contribution in [3.05, 3.63) is 50.6 Å². The summed E-state index contributed by atoms with van der Waals surface area (Å²) in [6.07, 6.45) is 7.65. The van der Waals surface area contributed by atoms with Gasteiger partial charge in [0.25, 0.3) is 0 Å². The fraction of sp³-hybridized carbons (Fsp3) is 0.333. The van der Waals surface area contributed by atoms with E-state index in [0.29, 0.717) is 8.88 Å². The van der Waals surface area contributed by atoms with Crippen molar-refractivity contribution in [1.29, 1.82) is 0 Å². The Morgan fingerprint density at radius 2 is 0.933 bits per heavy atom. The Balaban J connectivity index is 4.15. The Kier molecular flexibility index (Phi) is 9.40. The van der Waals surface area contributed by atoms with Crippen LogP contribution in [0.1, 0.15) is 0 Å². The Morgan fingerprint density at radius 3 is 1.13 bits per heavy atom. The molecule has 2 nitrogen and oxygen atoms in total. The summed E-state index contributed by atoms with van der Waals surface area (Å²) < 4.78 is 4.57. The molecule has 15 heavy (non-hydrogen) atoms. The molecule has 0 aliphatic carbocycles. The number of hydrogen-bond acceptors (Lipinski definition) is 2. The van der Waals surface area contributed by atoms with Crippen molar-refractivity contribution < 1.29 is 0 Å². The van der Waals surface area contributed by atoms with Gasteiger partial charge in [-0.25, -0.2) is 0 Å². The SMILES string of the molecule is C=CCN(CC=C)PN(CC=C)CC=C. The highest BCUT2D eigenvalue weighted by atomic mass is 31.1. The standard InChI is InChI=1S/C12H21N2P/c1-5-9-13(10-6-2)15-14(11-7-3)12-8-4/h5-8,15H,1-4,9-12H2. The third kappa shape index (κ3) is 7.26. The highest BCUT2D eigenvalue weighted by Gasteiger charge is 2.06. The molecule has 0 amide bonds. The molecule has 0 rings (SSSR count). The molecule has 0 fully saturated rings. The summed E-state index contributed by atoms with van der Waals surface area (Å²) in [5.74, 6) is 0. The van der Waals surface area contributed by atoms with Gasteiger partial charge in [0.1, 0.15) is 0 Å². The topological polar surface area (TPSA) is 6.48 Å². The van der Waals surface area contributed by atoms with Crippen molar-refractivity contribution in [3.8, 4) is 0 Å². The quantitative estimate of drug-likeness (QED) is 0.416. The number of rotatable bonds is 10. The first-order chi connectivity index (χ1) is 7.28. The molecule has 0 atom stereocenters. The van der Waals surface area contributed by atoms with Crippen LogP contribution >= 0.6 is 8.88 Å². The molecule has 0 unspecified atom stereocenters. The molecule has 0 radical (unpaired) electrons. The molecule has 0 spiro atoms. The van der Waals surface area contributed by atoms with Crippen LogP contribution in [0.4, 0.5) is 0 Å². The lowest BCUT2D eigenvalue weighted by atomic mass is 10.5. The van der Waals surface area contributed by atoms with Gasteiger partial charge in [-0.05, 0) is 0 Å². The fourth-order valence-electron chi connectivity index (χ4n) is 1.14. The smallest absolute Gasteiger partial charge is 0.0252 e. The van der Waals surface area contributed by atoms with E-state index in [4.69, 9.17) is 0 Å². The number of nitrogens with zero attached hydrogens (tertiary/aromatic N) is 2. The van der Waals surface area contributed by atoms with Crippen molar-refractivity contribution in [2.24, 2.45) is 0 Å². The average Bonchev–Trinajstić information content (AvgIpc) is 2.19. The molecule has 0 saturated carbocycles. The van der Waals surface area contributed by atoms with E-state index < -0.39 is 0 Å². The highest BCUT2D eigenvalue weighted by Crippen LogP contribution is 2.23. The van der Waals surface area contributed by atoms with Crippen LogP contribution in [-0.4, -0.2) is 35.5 Å². The molecule has 84 valence electrons. The maximum atomic E-state index is 3.75. The second-order valence-corrected chi connectivity index (χ2v) is 4.53. The first-order valence-electron chi connectivity index (χ1n) is 4.98. The second-order valence-electron chi connectivity index (χ2n) is 3.06. The van der Waals surface area contributed by atoms with E-state index in [1.165, 1.54) is 0 Å². The van der Waals surface area contributed by atoms with Crippen molar-refractivity contribution in [2.45, 2.75) is 0 Å². The summed E-state index contributed by atoms with van der Waals surface area (Å²) in [4.78, 5) is 0. The minimum absolute atomic E-state index is 0.623. The third-order valence-corrected chi connectivity index (χ3v) is 2.98. The molecule has 0 aliphatic heterocycles. The lowest BCUT2D eigenvalue weighted by molar-refractivity contribution is 0.486. The first kappa shape index (κ1) is 14.3. The van der Waals surface area contributed by atoms with Gasteiger partial charge in [0.05, 0.1) is 0 Å². The molecule has 0 aromatic heterocycles. The molecule has 0 aliphatic rings. The fourth-order valence-corrected chi connectivity index (χ4v) is 2.38. The average molecular weight is 224 g/mol. The maximum Gasteiger partial charge on any atom is 0.0252 e. The van der Waals surface area contributed by atoms with Crippen molar-refractivity contribution >= 4 is 8.88 Å². The van der Waals surface area contributed by atoms with Gasteiger partial charge in [-0.1, -0.05) is 24.3 Å². The van der Waals surface area contributed by atoms with Gasteiger partial charge < -0.3 is 0 Å². The predicted molar refractivity (Wildman–Crippen MR) is 72.2 cm³/mol. The predicted octanol–water partition coefficient (Wildman–Crippen LogP) is 2.84. The third-order valence-electron chi connectivity index (χ3n) is 1.68. The van der Waals surface area contributed by atoms with Crippen LogP contribution in [0.25, 0.3) is 0 Å². The first-order valence-corrected chi connectivity index (χ1v) is 5.87. The Hall–Kier alpha value is -0.690. The summed E-state index contributed by atoms with van der Waals surface area (Å²) in [6.45, 7) is 18.5. The Morgan fingerprint density at radius 1 is 0.667 bits per heavy atom. The highest BCUT2D eigenvalue weighted by molar-refractivity contribution is 7.32. The van der Waals surface area contributed by atoms with Gasteiger partial charge in [-0.15, -0.1) is 26.3 Å². The van der Waals surface area contributed by atoms with E-state index in [1.807, 2.05) is 24.3 Å². The molecule has 0 N–H and O–H groups in total. The summed E-state index contributed by atoms with van der Waals surface area (Å²) in [5.41, 5.74) is 0. The maximum absolute atomic E-state index is 3.75. The minimum Gasteiger partial charge on any atom is -0.265 e. The van der Waals surface area contributed by atoms with Crippen molar-refractivity contribution in [2.75, 3.05) is 26.2 Å². The zero-order valence-corrected chi connectivity index (χ0v) is 10.4. The molecule has 0 heterocycles. The van der Waals surface area contributed by atoms with Crippen LogP contribution in [0.15, 0.2) is 50.6 Å². The van der Waals surface area contributed by atoms with Gasteiger partial charge in [0.2, 0.25) is 0 Å². The summed E-state index contributed by atoms with van der Waals surface area (Å²) in [7, 11) is 0.623. The number of hydrogen-bond donors (Lipinski definition) is 0. The van der Waals surface area contributed by atoms with E-state index >= 15 is 0 Å². The van der Waals surface area contributed by atoms with E-state index in [-0.39, 0.29) is 0 Å². The molecule has 0 bridgehead atoms. The van der Waals surface area contributed by atoms with E-state index in [0.717, 1.165) is 26.2 Å². The van der Waals surface area contributed by atoms with E-state index in [2.05, 4.69) is 35.7 Å². The largest absolute Gasteiger partial charge is 0.265 e. The zero-order chi connectivity index (χ0) is 11.5. The van der Waals surface area contributed by atoms with Gasteiger partial charge in [-0.2, -0.15) is 0 Å². The Labute approximate surface area is 95.5 Å². The van der Waals surface area contributed by atoms with Crippen molar-refractivity contribution in [1.82, 2.24) is 9.34 Å². The van der Waals surface area contributed by atoms with Gasteiger partial charge in [0.15, 0.2) is 0 Å². The zero-order valence-electron chi connectivity index (χ0n) is 9.36. The summed E-state index contributed by atoms with van der Waals surface area (Å²) in [5, 5.41) is 0. The van der Waals surface area contributed by atoms with Gasteiger partial charge >= 0.3 is 0 Å². The van der Waals surface area contributed by atoms with Crippen LogP contribution in [0, 0.1) is 0 Å². The van der Waals surface area contributed by atoms with Gasteiger partial charge in [-0.3, -0.25) is 9.34 Å². The molecular formula is C12H21N2P. The Bertz CT molecular complexity index is 172. The van der Waals surface area contributed by atoms with E-state index in [1.54, 1.807) is 0 Å².